The monoisotopic (exact) mass is 208 g/mol. The number of hydrogen-bond acceptors (Lipinski definition) is 1. The summed E-state index contributed by atoms with van der Waals surface area (Å²) in [6.07, 6.45) is 2.38. The van der Waals surface area contributed by atoms with Gasteiger partial charge in [0, 0.05) is 12.5 Å². The van der Waals surface area contributed by atoms with Gasteiger partial charge in [-0.2, -0.15) is 0 Å². The Balaban J connectivity index is 3.68. The van der Waals surface area contributed by atoms with Crippen LogP contribution in [-0.2, 0) is 4.43 Å². The highest BCUT2D eigenvalue weighted by Gasteiger charge is 2.17. The van der Waals surface area contributed by atoms with E-state index in [1.165, 1.54) is 12.5 Å². The fourth-order valence-electron chi connectivity index (χ4n) is 1.29. The lowest BCUT2D eigenvalue weighted by atomic mass is 10.4. The Labute approximate surface area is 83.2 Å². The van der Waals surface area contributed by atoms with Gasteiger partial charge in [0.25, 0.3) is 0 Å². The van der Waals surface area contributed by atoms with E-state index in [1.807, 2.05) is 0 Å². The van der Waals surface area contributed by atoms with Gasteiger partial charge in [-0.25, -0.2) is 0 Å². The Kier molecular flexibility index (Phi) is 8.40. The van der Waals surface area contributed by atoms with E-state index >= 15 is 0 Å². The predicted molar refractivity (Wildman–Crippen MR) is 58.6 cm³/mol. The first-order valence-corrected chi connectivity index (χ1v) is 7.42. The standard InChI is InChI=1S/C9H21ClOSi/c1-4-9(3)12(11-5-2)8-6-7-10/h9,12H,4-8H2,1-3H3. The van der Waals surface area contributed by atoms with Crippen molar-refractivity contribution in [3.63, 3.8) is 0 Å². The Bertz CT molecular complexity index is 101. The largest absolute Gasteiger partial charge is 0.420 e. The Morgan fingerprint density at radius 3 is 2.50 bits per heavy atom. The maximum absolute atomic E-state index is 5.78. The van der Waals surface area contributed by atoms with E-state index in [0.717, 1.165) is 24.4 Å². The molecule has 0 radical (unpaired) electrons. The van der Waals surface area contributed by atoms with Gasteiger partial charge < -0.3 is 4.43 Å². The average molecular weight is 209 g/mol. The molecule has 0 saturated carbocycles. The maximum atomic E-state index is 5.78. The van der Waals surface area contributed by atoms with Gasteiger partial charge in [0.1, 0.15) is 0 Å². The first kappa shape index (κ1) is 12.5. The topological polar surface area (TPSA) is 9.23 Å². The van der Waals surface area contributed by atoms with Crippen LogP contribution in [0.5, 0.6) is 0 Å². The van der Waals surface area contributed by atoms with Crippen molar-refractivity contribution in [3.05, 3.63) is 0 Å². The zero-order valence-corrected chi connectivity index (χ0v) is 10.4. The normalized spacial score (nSPS) is 16.0. The highest BCUT2D eigenvalue weighted by molar-refractivity contribution is 6.53. The second-order valence-corrected chi connectivity index (χ2v) is 6.71. The summed E-state index contributed by atoms with van der Waals surface area (Å²) < 4.78 is 5.78. The molecule has 74 valence electrons. The molecule has 0 heterocycles. The molecule has 2 unspecified atom stereocenters. The van der Waals surface area contributed by atoms with Crippen LogP contribution >= 0.6 is 11.6 Å². The lowest BCUT2D eigenvalue weighted by molar-refractivity contribution is 0.332. The predicted octanol–water partition coefficient (Wildman–Crippen LogP) is 3.18. The van der Waals surface area contributed by atoms with Crippen LogP contribution < -0.4 is 0 Å². The molecule has 0 aliphatic heterocycles. The highest BCUT2D eigenvalue weighted by Crippen LogP contribution is 2.19. The summed E-state index contributed by atoms with van der Waals surface area (Å²) >= 11 is 5.66. The molecule has 0 fully saturated rings. The number of halogens is 1. The molecule has 0 aliphatic rings. The lowest BCUT2D eigenvalue weighted by Crippen LogP contribution is -2.23. The molecule has 0 N–H and O–H groups in total. The van der Waals surface area contributed by atoms with E-state index in [4.69, 9.17) is 16.0 Å². The summed E-state index contributed by atoms with van der Waals surface area (Å²) in [7, 11) is -0.930. The molecule has 3 heteroatoms. The van der Waals surface area contributed by atoms with E-state index in [9.17, 15) is 0 Å². The molecule has 0 aromatic rings. The smallest absolute Gasteiger partial charge is 0.179 e. The van der Waals surface area contributed by atoms with E-state index in [2.05, 4.69) is 20.8 Å². The summed E-state index contributed by atoms with van der Waals surface area (Å²) in [6, 6.07) is 1.24. The van der Waals surface area contributed by atoms with Gasteiger partial charge in [0.15, 0.2) is 9.04 Å². The van der Waals surface area contributed by atoms with Crippen molar-refractivity contribution in [2.24, 2.45) is 0 Å². The fourth-order valence-corrected chi connectivity index (χ4v) is 4.33. The van der Waals surface area contributed by atoms with Crippen molar-refractivity contribution < 1.29 is 4.43 Å². The molecule has 0 aromatic heterocycles. The summed E-state index contributed by atoms with van der Waals surface area (Å²) in [5, 5.41) is 0. The quantitative estimate of drug-likeness (QED) is 0.462. The van der Waals surface area contributed by atoms with Crippen LogP contribution in [0, 0.1) is 0 Å². The van der Waals surface area contributed by atoms with Crippen molar-refractivity contribution in [2.45, 2.75) is 45.2 Å². The first-order chi connectivity index (χ1) is 5.76. The fraction of sp³-hybridized carbons (Fsp3) is 1.00. The summed E-state index contributed by atoms with van der Waals surface area (Å²) in [5.74, 6) is 0.785. The Hall–Kier alpha value is 0.467. The Morgan fingerprint density at radius 1 is 1.42 bits per heavy atom. The number of alkyl halides is 1. The number of rotatable bonds is 7. The molecule has 0 amide bonds. The van der Waals surface area contributed by atoms with Gasteiger partial charge >= 0.3 is 0 Å². The van der Waals surface area contributed by atoms with Crippen LogP contribution in [0.2, 0.25) is 11.6 Å². The molecule has 0 rings (SSSR count). The molecule has 0 spiro atoms. The lowest BCUT2D eigenvalue weighted by Gasteiger charge is -2.20. The van der Waals surface area contributed by atoms with Crippen molar-refractivity contribution in [2.75, 3.05) is 12.5 Å². The molecule has 0 bridgehead atoms. The van der Waals surface area contributed by atoms with E-state index < -0.39 is 9.04 Å². The molecule has 0 saturated heterocycles. The third-order valence-electron chi connectivity index (χ3n) is 2.28. The van der Waals surface area contributed by atoms with Crippen molar-refractivity contribution in [1.29, 1.82) is 0 Å². The van der Waals surface area contributed by atoms with Crippen LogP contribution in [0.15, 0.2) is 0 Å². The first-order valence-electron chi connectivity index (χ1n) is 4.93. The molecule has 1 nitrogen and oxygen atoms in total. The molecular formula is C9H21ClOSi. The van der Waals surface area contributed by atoms with Gasteiger partial charge in [-0.05, 0) is 24.9 Å². The van der Waals surface area contributed by atoms with Gasteiger partial charge in [-0.3, -0.25) is 0 Å². The SMILES string of the molecule is CCO[SiH](CCCCl)C(C)CC. The minimum Gasteiger partial charge on any atom is -0.420 e. The van der Waals surface area contributed by atoms with E-state index in [0.29, 0.717) is 0 Å². The molecule has 2 atom stereocenters. The third-order valence-corrected chi connectivity index (χ3v) is 6.03. The molecule has 0 aromatic carbocycles. The summed E-state index contributed by atoms with van der Waals surface area (Å²) in [5.41, 5.74) is 0.799. The van der Waals surface area contributed by atoms with Gasteiger partial charge in [0.05, 0.1) is 0 Å². The molecular weight excluding hydrogens is 188 g/mol. The third kappa shape index (κ3) is 5.17. The van der Waals surface area contributed by atoms with Gasteiger partial charge in [0.2, 0.25) is 0 Å². The summed E-state index contributed by atoms with van der Waals surface area (Å²) in [4.78, 5) is 0. The highest BCUT2D eigenvalue weighted by atomic mass is 35.5. The maximum Gasteiger partial charge on any atom is 0.179 e. The van der Waals surface area contributed by atoms with Crippen molar-refractivity contribution >= 4 is 20.6 Å². The van der Waals surface area contributed by atoms with Crippen LogP contribution in [0.4, 0.5) is 0 Å². The molecule has 12 heavy (non-hydrogen) atoms. The van der Waals surface area contributed by atoms with Crippen LogP contribution in [-0.4, -0.2) is 21.5 Å². The zero-order chi connectivity index (χ0) is 9.40. The van der Waals surface area contributed by atoms with E-state index in [-0.39, 0.29) is 0 Å². The molecule has 0 aliphatic carbocycles. The second-order valence-electron chi connectivity index (χ2n) is 3.21. The minimum atomic E-state index is -0.930. The van der Waals surface area contributed by atoms with Gasteiger partial charge in [-0.1, -0.05) is 20.3 Å². The average Bonchev–Trinajstić information content (AvgIpc) is 2.11. The van der Waals surface area contributed by atoms with E-state index in [1.54, 1.807) is 0 Å². The summed E-state index contributed by atoms with van der Waals surface area (Å²) in [6.45, 7) is 7.51. The van der Waals surface area contributed by atoms with Crippen LogP contribution in [0.1, 0.15) is 33.6 Å². The second kappa shape index (κ2) is 8.08. The van der Waals surface area contributed by atoms with Gasteiger partial charge in [-0.15, -0.1) is 11.6 Å². The Morgan fingerprint density at radius 2 is 2.08 bits per heavy atom. The van der Waals surface area contributed by atoms with Crippen LogP contribution in [0.25, 0.3) is 0 Å². The van der Waals surface area contributed by atoms with Crippen LogP contribution in [0.3, 0.4) is 0 Å². The zero-order valence-electron chi connectivity index (χ0n) is 8.48. The van der Waals surface area contributed by atoms with Crippen molar-refractivity contribution in [1.82, 2.24) is 0 Å². The minimum absolute atomic E-state index is 0.785. The number of hydrogen-bond donors (Lipinski definition) is 0. The van der Waals surface area contributed by atoms with Crippen molar-refractivity contribution in [3.8, 4) is 0 Å².